The molecule has 16 aromatic carbocycles. The third-order valence-electron chi connectivity index (χ3n) is 24.9. The van der Waals surface area contributed by atoms with Crippen LogP contribution in [0.25, 0.3) is 142 Å². The summed E-state index contributed by atoms with van der Waals surface area (Å²) in [6.45, 7) is 27.5. The van der Waals surface area contributed by atoms with E-state index in [2.05, 4.69) is 401 Å². The van der Waals surface area contributed by atoms with E-state index in [0.717, 1.165) is 160 Å². The van der Waals surface area contributed by atoms with Gasteiger partial charge in [0.2, 0.25) is 0 Å². The molecule has 0 aliphatic carbocycles. The molecule has 1 unspecified atom stereocenters. The summed E-state index contributed by atoms with van der Waals surface area (Å²) in [6.07, 6.45) is 0. The van der Waals surface area contributed by atoms with Gasteiger partial charge in [-0.1, -0.05) is 332 Å². The highest BCUT2D eigenvalue weighted by Crippen LogP contribution is 2.67. The van der Waals surface area contributed by atoms with Crippen LogP contribution in [0.2, 0.25) is 0 Å². The van der Waals surface area contributed by atoms with Crippen LogP contribution in [0.3, 0.4) is 0 Å². The van der Waals surface area contributed by atoms with E-state index in [1.54, 1.807) is 15.9 Å². The topological polar surface area (TPSA) is 40.1 Å². The molecule has 0 saturated heterocycles. The Labute approximate surface area is 717 Å². The van der Waals surface area contributed by atoms with Crippen LogP contribution in [-0.4, -0.2) is 9.13 Å². The number of para-hydroxylation sites is 3. The minimum absolute atomic E-state index is 0.00895. The van der Waals surface area contributed by atoms with Crippen LogP contribution in [0.15, 0.2) is 340 Å². The van der Waals surface area contributed by atoms with Crippen LogP contribution in [0, 0.1) is 11.3 Å². The maximum Gasteiger partial charge on any atom is 0.0991 e. The average molecular weight is 1570 g/mol. The van der Waals surface area contributed by atoms with Gasteiger partial charge in [-0.05, 0) is 190 Å². The minimum Gasteiger partial charge on any atom is -0.309 e. The maximum absolute atomic E-state index is 11.1. The number of hydrogen-bond acceptors (Lipinski definition) is 4. The van der Waals surface area contributed by atoms with Crippen molar-refractivity contribution in [1.82, 2.24) is 9.13 Å². The highest BCUT2D eigenvalue weighted by molar-refractivity contribution is 7.26. The van der Waals surface area contributed by atoms with Gasteiger partial charge < -0.3 is 18.9 Å². The van der Waals surface area contributed by atoms with Crippen molar-refractivity contribution in [2.45, 2.75) is 111 Å². The molecule has 6 heteroatoms. The third kappa shape index (κ3) is 12.1. The molecule has 5 heterocycles. The van der Waals surface area contributed by atoms with Gasteiger partial charge in [0.05, 0.1) is 83.1 Å². The summed E-state index contributed by atoms with van der Waals surface area (Å²) in [6, 6.07) is 108. The first-order valence-electron chi connectivity index (χ1n) is 45.1. The van der Waals surface area contributed by atoms with E-state index in [9.17, 15) is 14.9 Å². The lowest BCUT2D eigenvalue weighted by molar-refractivity contribution is 0.568. The van der Waals surface area contributed by atoms with Gasteiger partial charge in [-0.3, -0.25) is 0 Å². The Morgan fingerprint density at radius 2 is 0.800 bits per heavy atom. The average Bonchev–Trinajstić information content (AvgIpc) is 1.66. The standard InChI is InChI=1S/C114H93N5S/c1-111(2,3)79-57-77(58-80(63-79)112(4,5)6)75-52-55-96-92(61-75)105-87-53-51-76(78-59-81(113(7,8)9)64-82(60-78)114(10,11)12)62-97(87)119(110-90(72-36-20-14-21-37-72)68-102-107(88-46-30-33-49-101(88)120-102)104(110)74-40-24-16-25-41-74)99-66-84(117-93-47-31-28-44-85(93)91-56-70(69-115)50-54-95(91)117)65-98(108(99)105)118(96)109-89(71-34-18-13-19-35-71)67-100-106(103(109)73-38-22-15-23-39-73)86-45-29-32-48-94(86)116(100)83-42-26-17-27-43-83/h13-68,105H,1-12H3/i28D,31D,44D,47D,50D,54D,56D. The Bertz CT molecular complexity index is 7830. The molecule has 0 amide bonds. The zero-order valence-electron chi connectivity index (χ0n) is 76.5. The molecule has 2 aliphatic rings. The van der Waals surface area contributed by atoms with Gasteiger partial charge >= 0.3 is 0 Å². The SMILES string of the molecule is [2H]c1c([2H])c([2H])c2c(c1[2H])c1c([2H])c(C#N)c([2H])c([2H])c1n2-c1cc2c3c(c1)N(c1c(-c4ccccc4)cc4c(c1-c1ccccc1)c1ccccc1n4-c1ccccc1)c1ccc(-c4cc(C(C)(C)C)cc(C(C)(C)C)c4)cc1C3c1ccc(-c3cc(C(C)(C)C)cc(C(C)(C)C)c3)cc1N2c1c(-c2ccccc2)cc2sc3ccccc3c2c1-c1ccccc1. The molecule has 1 atom stereocenters. The molecule has 3 aromatic heterocycles. The second-order valence-electron chi connectivity index (χ2n) is 36.6. The quantitative estimate of drug-likeness (QED) is 0.137. The molecule has 0 bridgehead atoms. The Kier molecular flexibility index (Phi) is 15.4. The second kappa shape index (κ2) is 27.8. The van der Waals surface area contributed by atoms with Crippen molar-refractivity contribution in [2.24, 2.45) is 0 Å². The first-order chi connectivity index (χ1) is 60.9. The van der Waals surface area contributed by atoms with Crippen LogP contribution in [0.4, 0.5) is 34.1 Å². The van der Waals surface area contributed by atoms with Crippen molar-refractivity contribution in [2.75, 3.05) is 9.80 Å². The molecule has 0 fully saturated rings. The summed E-state index contributed by atoms with van der Waals surface area (Å²) in [4.78, 5) is 5.03. The summed E-state index contributed by atoms with van der Waals surface area (Å²) < 4.78 is 76.9. The molecule has 120 heavy (non-hydrogen) atoms. The van der Waals surface area contributed by atoms with Crippen LogP contribution in [-0.2, 0) is 21.7 Å². The van der Waals surface area contributed by atoms with Crippen molar-refractivity contribution >= 4 is 109 Å². The molecule has 0 N–H and O–H groups in total. The van der Waals surface area contributed by atoms with Gasteiger partial charge in [0.25, 0.3) is 0 Å². The van der Waals surface area contributed by atoms with Gasteiger partial charge in [0.1, 0.15) is 0 Å². The summed E-state index contributed by atoms with van der Waals surface area (Å²) in [5.41, 5.74) is 26.5. The van der Waals surface area contributed by atoms with Crippen LogP contribution in [0.5, 0.6) is 0 Å². The molecular weight excluding hydrogens is 1470 g/mol. The molecule has 0 saturated carbocycles. The summed E-state index contributed by atoms with van der Waals surface area (Å²) in [5, 5.41) is 15.2. The van der Waals surface area contributed by atoms with Crippen LogP contribution >= 0.6 is 11.3 Å². The monoisotopic (exact) mass is 1570 g/mol. The Morgan fingerprint density at radius 3 is 1.38 bits per heavy atom. The summed E-state index contributed by atoms with van der Waals surface area (Å²) >= 11 is 1.78. The van der Waals surface area contributed by atoms with E-state index >= 15 is 0 Å². The molecule has 0 spiro atoms. The minimum atomic E-state index is -0.611. The predicted molar refractivity (Wildman–Crippen MR) is 510 cm³/mol. The Hall–Kier alpha value is -13.6. The number of fused-ring (bicyclic) bond motifs is 13. The second-order valence-corrected chi connectivity index (χ2v) is 37.7. The molecule has 580 valence electrons. The largest absolute Gasteiger partial charge is 0.309 e. The lowest BCUT2D eigenvalue weighted by Crippen LogP contribution is -2.30. The number of benzene rings is 16. The fourth-order valence-corrected chi connectivity index (χ4v) is 20.0. The number of nitrogens with zero attached hydrogens (tertiary/aromatic N) is 5. The first-order valence-corrected chi connectivity index (χ1v) is 42.5. The van der Waals surface area contributed by atoms with E-state index in [-0.39, 0.29) is 49.0 Å². The maximum atomic E-state index is 11.1. The van der Waals surface area contributed by atoms with E-state index in [0.29, 0.717) is 11.4 Å². The number of aromatic nitrogens is 2. The number of thiophene rings is 1. The number of rotatable bonds is 10. The predicted octanol–water partition coefficient (Wildman–Crippen LogP) is 32.1. The van der Waals surface area contributed by atoms with Crippen molar-refractivity contribution in [1.29, 1.82) is 5.26 Å². The zero-order valence-corrected chi connectivity index (χ0v) is 70.3. The van der Waals surface area contributed by atoms with E-state index in [4.69, 9.17) is 0 Å². The molecular formula is C114H93N5S. The van der Waals surface area contributed by atoms with E-state index in [1.807, 2.05) is 0 Å². The summed E-state index contributed by atoms with van der Waals surface area (Å²) in [7, 11) is 0. The van der Waals surface area contributed by atoms with Crippen molar-refractivity contribution in [3.63, 3.8) is 0 Å². The van der Waals surface area contributed by atoms with E-state index in [1.165, 1.54) is 22.3 Å². The summed E-state index contributed by atoms with van der Waals surface area (Å²) in [5.74, 6) is -0.611. The van der Waals surface area contributed by atoms with Gasteiger partial charge in [-0.2, -0.15) is 5.26 Å². The first kappa shape index (κ1) is 66.4. The van der Waals surface area contributed by atoms with Gasteiger partial charge in [0, 0.05) is 81.1 Å². The van der Waals surface area contributed by atoms with Crippen molar-refractivity contribution < 1.29 is 9.60 Å². The zero-order chi connectivity index (χ0) is 88.1. The van der Waals surface area contributed by atoms with E-state index < -0.39 is 48.2 Å². The molecule has 19 aromatic rings. The molecule has 2 aliphatic heterocycles. The smallest absolute Gasteiger partial charge is 0.0991 e. The van der Waals surface area contributed by atoms with Crippen molar-refractivity contribution in [3.8, 4) is 84.2 Å². The highest BCUT2D eigenvalue weighted by Gasteiger charge is 2.45. The van der Waals surface area contributed by atoms with Gasteiger partial charge in [-0.15, -0.1) is 11.3 Å². The third-order valence-corrected chi connectivity index (χ3v) is 26.0. The fraction of sp³-hybridized carbons (Fsp3) is 0.149. The van der Waals surface area contributed by atoms with Gasteiger partial charge in [0.15, 0.2) is 0 Å². The van der Waals surface area contributed by atoms with Crippen LogP contribution < -0.4 is 9.80 Å². The molecule has 0 radical (unpaired) electrons. The lowest BCUT2D eigenvalue weighted by Gasteiger charge is -2.47. The highest BCUT2D eigenvalue weighted by atomic mass is 32.1. The molecule has 5 nitrogen and oxygen atoms in total. The number of hydrogen-bond donors (Lipinski definition) is 0. The van der Waals surface area contributed by atoms with Gasteiger partial charge in [-0.25, -0.2) is 0 Å². The number of anilines is 6. The molecule has 21 rings (SSSR count). The Balaban J connectivity index is 1.04. The normalized spacial score (nSPS) is 14.4. The lowest BCUT2D eigenvalue weighted by atomic mass is 9.73. The Morgan fingerprint density at radius 1 is 0.325 bits per heavy atom. The van der Waals surface area contributed by atoms with Crippen LogP contribution in [0.1, 0.15) is 143 Å². The fourth-order valence-electron chi connectivity index (χ4n) is 18.9. The van der Waals surface area contributed by atoms with Crippen molar-refractivity contribution in [3.05, 3.63) is 384 Å². The number of nitriles is 1.